The Kier molecular flexibility index (Phi) is 12.7. The van der Waals surface area contributed by atoms with E-state index in [1.165, 1.54) is 5.56 Å². The van der Waals surface area contributed by atoms with Crippen LogP contribution in [-0.2, 0) is 16.0 Å². The smallest absolute Gasteiger partial charge is 0.308 e. The van der Waals surface area contributed by atoms with E-state index in [9.17, 15) is 9.90 Å². The Hall–Kier alpha value is -3.95. The molecular weight excluding hydrogens is 628 g/mol. The van der Waals surface area contributed by atoms with Gasteiger partial charge >= 0.3 is 5.97 Å². The van der Waals surface area contributed by atoms with Gasteiger partial charge in [0.15, 0.2) is 5.65 Å². The molecule has 0 aliphatic carbocycles. The Morgan fingerprint density at radius 2 is 1.68 bits per heavy atom. The van der Waals surface area contributed by atoms with Gasteiger partial charge in [-0.05, 0) is 104 Å². The molecule has 7 rings (SSSR count). The van der Waals surface area contributed by atoms with Crippen molar-refractivity contribution in [2.75, 3.05) is 24.6 Å². The van der Waals surface area contributed by atoms with Crippen LogP contribution in [0.4, 0.5) is 5.82 Å². The van der Waals surface area contributed by atoms with E-state index in [4.69, 9.17) is 24.7 Å². The van der Waals surface area contributed by atoms with Crippen LogP contribution in [-0.4, -0.2) is 67.8 Å². The van der Waals surface area contributed by atoms with E-state index in [2.05, 4.69) is 75.1 Å². The molecule has 4 aromatic rings. The number of aliphatic carboxylic acids is 1. The molecule has 272 valence electrons. The number of rotatable bonds is 2. The number of ether oxygens (including phenoxy) is 2. The molecule has 0 amide bonds. The lowest BCUT2D eigenvalue weighted by Crippen LogP contribution is -2.45. The zero-order valence-corrected chi connectivity index (χ0v) is 31.8. The van der Waals surface area contributed by atoms with E-state index in [1.54, 1.807) is 20.8 Å². The summed E-state index contributed by atoms with van der Waals surface area (Å²) in [6.45, 7) is 22.1. The number of aliphatic hydroxyl groups is 1. The molecule has 50 heavy (non-hydrogen) atoms. The molecule has 0 saturated carbocycles. The SMILES string of the molecule is CC.CC(C)(C)O.Cc1ccc2c(c1)-c1cccc(c1)-c1cc3nc(C)c(CC(=O)O)c(n3n1)N1CCC(C)(CC1)OCCCC(C)C(C)O2. The Morgan fingerprint density at radius 3 is 2.34 bits per heavy atom. The molecule has 0 spiro atoms. The van der Waals surface area contributed by atoms with Crippen LogP contribution in [0.3, 0.4) is 0 Å². The summed E-state index contributed by atoms with van der Waals surface area (Å²) < 4.78 is 15.0. The van der Waals surface area contributed by atoms with Gasteiger partial charge in [-0.1, -0.05) is 50.6 Å². The van der Waals surface area contributed by atoms with E-state index < -0.39 is 11.6 Å². The van der Waals surface area contributed by atoms with Gasteiger partial charge in [0.2, 0.25) is 0 Å². The first-order valence-electron chi connectivity index (χ1n) is 18.2. The van der Waals surface area contributed by atoms with Crippen LogP contribution in [0, 0.1) is 19.8 Å². The van der Waals surface area contributed by atoms with Gasteiger partial charge in [-0.15, -0.1) is 0 Å². The van der Waals surface area contributed by atoms with Crippen molar-refractivity contribution in [3.05, 3.63) is 65.4 Å². The highest BCUT2D eigenvalue weighted by Crippen LogP contribution is 2.37. The number of aromatic nitrogens is 3. The number of piperidine rings is 1. The highest BCUT2D eigenvalue weighted by Gasteiger charge is 2.34. The summed E-state index contributed by atoms with van der Waals surface area (Å²) in [6, 6.07) is 16.7. The molecule has 6 bridgehead atoms. The van der Waals surface area contributed by atoms with Crippen molar-refractivity contribution in [3.63, 3.8) is 0 Å². The average molecular weight is 687 g/mol. The van der Waals surface area contributed by atoms with E-state index in [0.29, 0.717) is 23.7 Å². The van der Waals surface area contributed by atoms with E-state index in [0.717, 1.165) is 78.4 Å². The van der Waals surface area contributed by atoms with Crippen LogP contribution in [0.25, 0.3) is 28.0 Å². The third-order valence-corrected chi connectivity index (χ3v) is 9.30. The molecule has 2 aromatic carbocycles. The second kappa shape index (κ2) is 16.4. The van der Waals surface area contributed by atoms with Gasteiger partial charge < -0.3 is 24.6 Å². The number of hydrogen-bond acceptors (Lipinski definition) is 7. The number of aryl methyl sites for hydroxylation is 2. The third-order valence-electron chi connectivity index (χ3n) is 9.30. The average Bonchev–Trinajstić information content (AvgIpc) is 3.48. The summed E-state index contributed by atoms with van der Waals surface area (Å²) in [6.07, 6.45) is 3.65. The summed E-state index contributed by atoms with van der Waals surface area (Å²) >= 11 is 0. The minimum atomic E-state index is -0.878. The number of nitrogens with zero attached hydrogens (tertiary/aromatic N) is 4. The zero-order valence-electron chi connectivity index (χ0n) is 31.8. The van der Waals surface area contributed by atoms with Crippen molar-refractivity contribution >= 4 is 17.4 Å². The van der Waals surface area contributed by atoms with E-state index >= 15 is 0 Å². The topological polar surface area (TPSA) is 109 Å². The minimum Gasteiger partial charge on any atom is -0.490 e. The van der Waals surface area contributed by atoms with Crippen LogP contribution >= 0.6 is 0 Å². The fourth-order valence-corrected chi connectivity index (χ4v) is 6.39. The van der Waals surface area contributed by atoms with Gasteiger partial charge in [0.1, 0.15) is 11.6 Å². The Balaban J connectivity index is 0.000000738. The number of carboxylic acids is 1. The van der Waals surface area contributed by atoms with E-state index in [1.807, 2.05) is 31.4 Å². The first-order chi connectivity index (χ1) is 23.6. The fourth-order valence-electron chi connectivity index (χ4n) is 6.39. The van der Waals surface area contributed by atoms with Crippen LogP contribution < -0.4 is 9.64 Å². The molecular formula is C41H58N4O5. The minimum absolute atomic E-state index is 0.0558. The largest absolute Gasteiger partial charge is 0.490 e. The molecule has 2 atom stereocenters. The summed E-state index contributed by atoms with van der Waals surface area (Å²) in [7, 11) is 0. The molecule has 5 heterocycles. The van der Waals surface area contributed by atoms with Gasteiger partial charge in [-0.3, -0.25) is 4.79 Å². The Bertz CT molecular complexity index is 1740. The highest BCUT2D eigenvalue weighted by atomic mass is 16.5. The van der Waals surface area contributed by atoms with Gasteiger partial charge in [-0.25, -0.2) is 4.98 Å². The molecule has 2 N–H and O–H groups in total. The summed E-state index contributed by atoms with van der Waals surface area (Å²) in [5, 5.41) is 23.4. The molecule has 9 heteroatoms. The first-order valence-corrected chi connectivity index (χ1v) is 18.2. The lowest BCUT2D eigenvalue weighted by Gasteiger charge is -2.41. The molecule has 3 aliphatic heterocycles. The number of anilines is 1. The summed E-state index contributed by atoms with van der Waals surface area (Å²) in [5.74, 6) is 1.19. The van der Waals surface area contributed by atoms with Gasteiger partial charge in [-0.2, -0.15) is 9.61 Å². The second-order valence-electron chi connectivity index (χ2n) is 14.8. The van der Waals surface area contributed by atoms with Crippen molar-refractivity contribution < 1.29 is 24.5 Å². The predicted octanol–water partition coefficient (Wildman–Crippen LogP) is 8.68. The number of hydrogen-bond donors (Lipinski definition) is 2. The molecule has 9 nitrogen and oxygen atoms in total. The zero-order chi connectivity index (χ0) is 36.8. The molecule has 1 saturated heterocycles. The van der Waals surface area contributed by atoms with Crippen LogP contribution in [0.2, 0.25) is 0 Å². The lowest BCUT2D eigenvalue weighted by atomic mass is 9.92. The normalized spacial score (nSPS) is 20.9. The van der Waals surface area contributed by atoms with Crippen LogP contribution in [0.1, 0.15) is 97.9 Å². The first kappa shape index (κ1) is 38.8. The molecule has 2 unspecified atom stereocenters. The second-order valence-corrected chi connectivity index (χ2v) is 14.8. The van der Waals surface area contributed by atoms with Gasteiger partial charge in [0.05, 0.1) is 29.4 Å². The molecule has 1 fully saturated rings. The summed E-state index contributed by atoms with van der Waals surface area (Å²) in [5.41, 5.74) is 6.45. The number of fused-ring (bicyclic) bond motifs is 8. The van der Waals surface area contributed by atoms with Crippen molar-refractivity contribution in [1.29, 1.82) is 0 Å². The maximum atomic E-state index is 12.0. The number of carbonyl (C=O) groups is 1. The maximum absolute atomic E-state index is 12.0. The standard InChI is InChI=1S/C35H42N4O4.C4H10O.C2H6/c1-22-11-12-31-29(18-22)26-9-6-10-27(19-26)30-21-32-36-24(3)28(20-33(40)41)34(39(32)37-30)38-15-13-35(5,14-16-38)42-17-7-8-23(2)25(4)43-31;1-4(2,3)5;1-2/h6,9-12,18-19,21,23,25H,7-8,13-17,20H2,1-5H3,(H,40,41);5H,1-3H3;1-2H3. The fraction of sp³-hybridized carbons (Fsp3) is 0.537. The monoisotopic (exact) mass is 686 g/mol. The van der Waals surface area contributed by atoms with Gasteiger partial charge in [0.25, 0.3) is 0 Å². The molecule has 3 aliphatic rings. The quantitative estimate of drug-likeness (QED) is 0.216. The van der Waals surface area contributed by atoms with E-state index in [-0.39, 0.29) is 18.1 Å². The molecule has 2 aromatic heterocycles. The number of carboxylic acid groups (broad SMARTS) is 1. The maximum Gasteiger partial charge on any atom is 0.308 e. The van der Waals surface area contributed by atoms with Crippen molar-refractivity contribution in [2.45, 2.75) is 119 Å². The summed E-state index contributed by atoms with van der Waals surface area (Å²) in [4.78, 5) is 19.1. The number of benzene rings is 2. The van der Waals surface area contributed by atoms with Crippen LogP contribution in [0.5, 0.6) is 5.75 Å². The Labute approximate surface area is 298 Å². The van der Waals surface area contributed by atoms with Crippen molar-refractivity contribution in [3.8, 4) is 28.1 Å². The highest BCUT2D eigenvalue weighted by molar-refractivity contribution is 5.78. The molecule has 0 radical (unpaired) electrons. The van der Waals surface area contributed by atoms with Crippen molar-refractivity contribution in [1.82, 2.24) is 14.6 Å². The predicted molar refractivity (Wildman–Crippen MR) is 202 cm³/mol. The Morgan fingerprint density at radius 1 is 1.02 bits per heavy atom. The van der Waals surface area contributed by atoms with Crippen LogP contribution in [0.15, 0.2) is 48.5 Å². The lowest BCUT2D eigenvalue weighted by molar-refractivity contribution is -0.136. The van der Waals surface area contributed by atoms with Crippen molar-refractivity contribution in [2.24, 2.45) is 5.92 Å². The van der Waals surface area contributed by atoms with Gasteiger partial charge in [0, 0.05) is 48.1 Å². The third kappa shape index (κ3) is 9.85.